The lowest BCUT2D eigenvalue weighted by Gasteiger charge is -2.26. The van der Waals surface area contributed by atoms with Crippen LogP contribution in [0.3, 0.4) is 0 Å². The van der Waals surface area contributed by atoms with Crippen molar-refractivity contribution in [2.45, 2.75) is 125 Å². The molecule has 0 aliphatic heterocycles. The molecular weight excluding hydrogens is 496 g/mol. The van der Waals surface area contributed by atoms with Gasteiger partial charge in [0.2, 0.25) is 0 Å². The highest BCUT2D eigenvalue weighted by Gasteiger charge is 2.21. The Balaban J connectivity index is 1.65. The number of hydrogen-bond donors (Lipinski definition) is 0. The molecule has 1 aliphatic rings. The molecule has 41 heavy (non-hydrogen) atoms. The first-order chi connectivity index (χ1) is 20.0. The molecule has 1 nitrogen and oxygen atoms in total. The van der Waals surface area contributed by atoms with Gasteiger partial charge in [-0.1, -0.05) is 117 Å². The van der Waals surface area contributed by atoms with E-state index in [2.05, 4.69) is 97.0 Å². The molecule has 0 saturated heterocycles. The summed E-state index contributed by atoms with van der Waals surface area (Å²) in [6.45, 7) is 17.0. The summed E-state index contributed by atoms with van der Waals surface area (Å²) in [5, 5.41) is 0. The van der Waals surface area contributed by atoms with E-state index < -0.39 is 0 Å². The van der Waals surface area contributed by atoms with Crippen LogP contribution in [0, 0.1) is 11.8 Å². The molecular formula is C40H56O. The van der Waals surface area contributed by atoms with Crippen molar-refractivity contribution in [3.05, 3.63) is 76.3 Å². The molecule has 0 unspecified atom stereocenters. The molecule has 3 aromatic carbocycles. The Bertz CT molecular complexity index is 1240. The smallest absolute Gasteiger partial charge is 0.125 e. The summed E-state index contributed by atoms with van der Waals surface area (Å²) in [4.78, 5) is 0. The van der Waals surface area contributed by atoms with Crippen molar-refractivity contribution in [3.8, 4) is 28.0 Å². The van der Waals surface area contributed by atoms with E-state index >= 15 is 0 Å². The number of benzene rings is 3. The highest BCUT2D eigenvalue weighted by molar-refractivity contribution is 5.77. The lowest BCUT2D eigenvalue weighted by Crippen LogP contribution is -2.10. The minimum absolute atomic E-state index is 0.743. The van der Waals surface area contributed by atoms with Crippen molar-refractivity contribution in [1.82, 2.24) is 0 Å². The quantitative estimate of drug-likeness (QED) is 0.205. The fourth-order valence-electron chi connectivity index (χ4n) is 7.19. The van der Waals surface area contributed by atoms with Crippen LogP contribution in [0.5, 0.6) is 5.75 Å². The Morgan fingerprint density at radius 3 is 1.88 bits per heavy atom. The molecule has 0 aromatic heterocycles. The van der Waals surface area contributed by atoms with E-state index in [4.69, 9.17) is 4.74 Å². The third-order valence-corrected chi connectivity index (χ3v) is 10.1. The Morgan fingerprint density at radius 1 is 0.659 bits per heavy atom. The van der Waals surface area contributed by atoms with E-state index in [1.165, 1.54) is 94.3 Å². The summed E-state index contributed by atoms with van der Waals surface area (Å²) in [6, 6.07) is 19.2. The monoisotopic (exact) mass is 552 g/mol. The second-order valence-corrected chi connectivity index (χ2v) is 12.6. The van der Waals surface area contributed by atoms with E-state index in [0.29, 0.717) is 0 Å². The summed E-state index contributed by atoms with van der Waals surface area (Å²) in [6.07, 6.45) is 13.1. The highest BCUT2D eigenvalue weighted by atomic mass is 16.5. The van der Waals surface area contributed by atoms with Crippen LogP contribution in [-0.2, 0) is 25.7 Å². The van der Waals surface area contributed by atoms with Crippen LogP contribution in [0.15, 0.2) is 48.5 Å². The minimum atomic E-state index is 0.743. The van der Waals surface area contributed by atoms with Gasteiger partial charge in [0.15, 0.2) is 0 Å². The van der Waals surface area contributed by atoms with Gasteiger partial charge in [-0.2, -0.15) is 0 Å². The Morgan fingerprint density at radius 2 is 1.29 bits per heavy atom. The van der Waals surface area contributed by atoms with Gasteiger partial charge in [0, 0.05) is 0 Å². The SMILES string of the molecule is CCc1cc(-c2cc(CC)c(OCCC(CC)CC)c(CC)c2CC)ccc1-c1ccc(C2CCC(C)CC2)cc1. The van der Waals surface area contributed by atoms with Crippen molar-refractivity contribution in [2.75, 3.05) is 6.61 Å². The Kier molecular flexibility index (Phi) is 11.5. The topological polar surface area (TPSA) is 9.23 Å². The molecule has 1 fully saturated rings. The van der Waals surface area contributed by atoms with Crippen molar-refractivity contribution in [1.29, 1.82) is 0 Å². The molecule has 1 saturated carbocycles. The van der Waals surface area contributed by atoms with Crippen molar-refractivity contribution >= 4 is 0 Å². The number of aryl methyl sites for hydroxylation is 2. The van der Waals surface area contributed by atoms with Crippen LogP contribution in [0.1, 0.15) is 127 Å². The largest absolute Gasteiger partial charge is 0.493 e. The van der Waals surface area contributed by atoms with E-state index in [0.717, 1.165) is 56.5 Å². The summed E-state index contributed by atoms with van der Waals surface area (Å²) in [5.74, 6) is 3.57. The molecule has 3 aromatic rings. The maximum atomic E-state index is 6.60. The molecule has 0 atom stereocenters. The van der Waals surface area contributed by atoms with Gasteiger partial charge < -0.3 is 4.74 Å². The molecule has 0 N–H and O–H groups in total. The standard InChI is InChI=1S/C40H56O/c1-8-29(9-2)24-25-41-40-31(11-4)27-39(36(12-5)37(40)13-6)35-22-23-38(30(10-3)26-35)34-20-18-33(19-21-34)32-16-14-28(7)15-17-32/h18-23,26-29,32H,8-17,24-25H2,1-7H3. The van der Waals surface area contributed by atoms with E-state index in [-0.39, 0.29) is 0 Å². The van der Waals surface area contributed by atoms with Crippen LogP contribution < -0.4 is 4.74 Å². The summed E-state index contributed by atoms with van der Waals surface area (Å²) >= 11 is 0. The van der Waals surface area contributed by atoms with Crippen LogP contribution in [0.25, 0.3) is 22.3 Å². The lowest BCUT2D eigenvalue weighted by molar-refractivity contribution is 0.267. The second-order valence-electron chi connectivity index (χ2n) is 12.6. The van der Waals surface area contributed by atoms with E-state index in [1.807, 2.05) is 0 Å². The van der Waals surface area contributed by atoms with Crippen LogP contribution in [-0.4, -0.2) is 6.61 Å². The summed E-state index contributed by atoms with van der Waals surface area (Å²) in [7, 11) is 0. The van der Waals surface area contributed by atoms with Crippen molar-refractivity contribution < 1.29 is 4.74 Å². The summed E-state index contributed by atoms with van der Waals surface area (Å²) < 4.78 is 6.60. The van der Waals surface area contributed by atoms with E-state index in [1.54, 1.807) is 0 Å². The molecule has 0 heterocycles. The number of rotatable bonds is 13. The fourth-order valence-corrected chi connectivity index (χ4v) is 7.19. The Hall–Kier alpha value is -2.54. The lowest BCUT2D eigenvalue weighted by atomic mass is 9.79. The molecule has 0 amide bonds. The first kappa shape index (κ1) is 31.4. The normalized spacial score (nSPS) is 17.3. The number of hydrogen-bond acceptors (Lipinski definition) is 1. The van der Waals surface area contributed by atoms with Gasteiger partial charge >= 0.3 is 0 Å². The van der Waals surface area contributed by atoms with Gasteiger partial charge in [-0.15, -0.1) is 0 Å². The zero-order valence-corrected chi connectivity index (χ0v) is 27.2. The van der Waals surface area contributed by atoms with Gasteiger partial charge in [0.05, 0.1) is 6.61 Å². The van der Waals surface area contributed by atoms with Gasteiger partial charge in [-0.3, -0.25) is 0 Å². The molecule has 0 spiro atoms. The zero-order chi connectivity index (χ0) is 29.4. The van der Waals surface area contributed by atoms with Crippen LogP contribution in [0.2, 0.25) is 0 Å². The molecule has 1 aliphatic carbocycles. The minimum Gasteiger partial charge on any atom is -0.493 e. The molecule has 4 rings (SSSR count). The van der Waals surface area contributed by atoms with Gasteiger partial charge in [0.1, 0.15) is 5.75 Å². The average molecular weight is 553 g/mol. The molecule has 0 radical (unpaired) electrons. The zero-order valence-electron chi connectivity index (χ0n) is 27.2. The molecule has 222 valence electrons. The second kappa shape index (κ2) is 15.1. The predicted molar refractivity (Wildman–Crippen MR) is 179 cm³/mol. The third-order valence-electron chi connectivity index (χ3n) is 10.1. The van der Waals surface area contributed by atoms with Gasteiger partial charge in [-0.05, 0) is 119 Å². The predicted octanol–water partition coefficient (Wildman–Crippen LogP) is 11.8. The molecule has 0 bridgehead atoms. The first-order valence-corrected chi connectivity index (χ1v) is 17.0. The van der Waals surface area contributed by atoms with Crippen molar-refractivity contribution in [2.24, 2.45) is 11.8 Å². The fraction of sp³-hybridized carbons (Fsp3) is 0.550. The summed E-state index contributed by atoms with van der Waals surface area (Å²) in [5.41, 5.74) is 12.7. The maximum Gasteiger partial charge on any atom is 0.125 e. The number of ether oxygens (including phenoxy) is 1. The molecule has 1 heteroatoms. The highest BCUT2D eigenvalue weighted by Crippen LogP contribution is 2.40. The van der Waals surface area contributed by atoms with Crippen LogP contribution >= 0.6 is 0 Å². The van der Waals surface area contributed by atoms with Gasteiger partial charge in [-0.25, -0.2) is 0 Å². The average Bonchev–Trinajstić information content (AvgIpc) is 3.02. The van der Waals surface area contributed by atoms with Crippen LogP contribution in [0.4, 0.5) is 0 Å². The van der Waals surface area contributed by atoms with Crippen molar-refractivity contribution in [3.63, 3.8) is 0 Å². The maximum absolute atomic E-state index is 6.60. The Labute approximate surface area is 252 Å². The first-order valence-electron chi connectivity index (χ1n) is 17.0. The van der Waals surface area contributed by atoms with Gasteiger partial charge in [0.25, 0.3) is 0 Å². The van der Waals surface area contributed by atoms with E-state index in [9.17, 15) is 0 Å². The third kappa shape index (κ3) is 7.28.